The first kappa shape index (κ1) is 17.9. The van der Waals surface area contributed by atoms with Crippen LogP contribution in [0.4, 0.5) is 0 Å². The number of ether oxygens (including phenoxy) is 1. The van der Waals surface area contributed by atoms with Crippen molar-refractivity contribution >= 4 is 56.4 Å². The molecule has 0 amide bonds. The molecule has 8 heteroatoms. The summed E-state index contributed by atoms with van der Waals surface area (Å²) in [5.74, 6) is 0.155. The minimum atomic E-state index is -0.652. The molecule has 0 saturated carbocycles. The zero-order valence-corrected chi connectivity index (χ0v) is 16.5. The van der Waals surface area contributed by atoms with Crippen LogP contribution in [0, 0.1) is 0 Å². The number of halogens is 1. The monoisotopic (exact) mass is 416 g/mol. The molecule has 1 aromatic carbocycles. The Balaban J connectivity index is 1.44. The molecule has 3 aromatic heterocycles. The number of benzene rings is 1. The van der Waals surface area contributed by atoms with E-state index < -0.39 is 12.1 Å². The van der Waals surface area contributed by atoms with Crippen LogP contribution in [0.2, 0.25) is 5.02 Å². The first-order valence-corrected chi connectivity index (χ1v) is 10.1. The molecule has 0 aliphatic carbocycles. The Labute approximate surface area is 167 Å². The van der Waals surface area contributed by atoms with Gasteiger partial charge in [0.25, 0.3) is 11.8 Å². The molecular formula is C19H13ClN2O3S2. The van der Waals surface area contributed by atoms with E-state index in [0.29, 0.717) is 10.9 Å². The van der Waals surface area contributed by atoms with E-state index >= 15 is 0 Å². The molecule has 1 atom stereocenters. The minimum absolute atomic E-state index is 0.250. The van der Waals surface area contributed by atoms with Crippen molar-refractivity contribution in [2.45, 2.75) is 13.0 Å². The lowest BCUT2D eigenvalue weighted by atomic mass is 10.2. The lowest BCUT2D eigenvalue weighted by Crippen LogP contribution is -2.06. The van der Waals surface area contributed by atoms with E-state index in [1.165, 1.54) is 28.7 Å². The molecular weight excluding hydrogens is 404 g/mol. The lowest BCUT2D eigenvalue weighted by Gasteiger charge is -2.06. The summed E-state index contributed by atoms with van der Waals surface area (Å²) in [6.07, 6.45) is 2.36. The smallest absolute Gasteiger partial charge is 0.331 e. The number of carbonyl (C=O) groups is 1. The van der Waals surface area contributed by atoms with Crippen LogP contribution in [0.15, 0.2) is 52.3 Å². The van der Waals surface area contributed by atoms with Crippen LogP contribution < -0.4 is 0 Å². The second-order valence-corrected chi connectivity index (χ2v) is 8.02. The van der Waals surface area contributed by atoms with Gasteiger partial charge in [0.2, 0.25) is 0 Å². The van der Waals surface area contributed by atoms with Crippen LogP contribution in [-0.2, 0) is 9.53 Å². The van der Waals surface area contributed by atoms with Gasteiger partial charge in [0.05, 0.1) is 9.90 Å². The van der Waals surface area contributed by atoms with Crippen LogP contribution in [0.5, 0.6) is 0 Å². The molecule has 1 unspecified atom stereocenters. The summed E-state index contributed by atoms with van der Waals surface area (Å²) in [6.45, 7) is 1.68. The number of aromatic nitrogens is 2. The maximum atomic E-state index is 12.1. The van der Waals surface area contributed by atoms with Gasteiger partial charge in [-0.05, 0) is 30.5 Å². The summed E-state index contributed by atoms with van der Waals surface area (Å²) in [7, 11) is 0. The molecule has 0 radical (unpaired) electrons. The largest absolute Gasteiger partial charge is 0.449 e. The fourth-order valence-corrected chi connectivity index (χ4v) is 4.49. The molecule has 3 heterocycles. The van der Waals surface area contributed by atoms with Crippen LogP contribution in [0.1, 0.15) is 23.8 Å². The summed E-state index contributed by atoms with van der Waals surface area (Å²) in [5, 5.41) is 11.5. The van der Waals surface area contributed by atoms with Gasteiger partial charge in [-0.15, -0.1) is 32.9 Å². The Hall–Kier alpha value is -2.48. The number of thiophene rings is 2. The van der Waals surface area contributed by atoms with E-state index in [-0.39, 0.29) is 5.89 Å². The molecule has 4 aromatic rings. The third-order valence-electron chi connectivity index (χ3n) is 3.74. The summed E-state index contributed by atoms with van der Waals surface area (Å²) >= 11 is 9.38. The molecule has 5 nitrogen and oxygen atoms in total. The van der Waals surface area contributed by atoms with Crippen LogP contribution in [0.25, 0.3) is 26.9 Å². The van der Waals surface area contributed by atoms with Gasteiger partial charge in [-0.2, -0.15) is 0 Å². The van der Waals surface area contributed by atoms with Crippen LogP contribution in [-0.4, -0.2) is 16.2 Å². The van der Waals surface area contributed by atoms with Crippen molar-refractivity contribution in [2.75, 3.05) is 0 Å². The molecule has 0 aliphatic rings. The van der Waals surface area contributed by atoms with Crippen molar-refractivity contribution in [2.24, 2.45) is 0 Å². The number of carbonyl (C=O) groups excluding carboxylic acids is 1. The molecule has 0 saturated heterocycles. The van der Waals surface area contributed by atoms with Crippen molar-refractivity contribution in [3.8, 4) is 10.8 Å². The Kier molecular flexibility index (Phi) is 5.07. The highest BCUT2D eigenvalue weighted by Gasteiger charge is 2.18. The second-order valence-electron chi connectivity index (χ2n) is 5.61. The second kappa shape index (κ2) is 7.64. The normalized spacial score (nSPS) is 12.7. The van der Waals surface area contributed by atoms with Crippen molar-refractivity contribution in [3.05, 3.63) is 63.6 Å². The summed E-state index contributed by atoms with van der Waals surface area (Å²) in [6, 6.07) is 11.6. The zero-order valence-electron chi connectivity index (χ0n) is 14.1. The van der Waals surface area contributed by atoms with Gasteiger partial charge in [-0.1, -0.05) is 35.9 Å². The average molecular weight is 417 g/mol. The average Bonchev–Trinajstić information content (AvgIpc) is 3.40. The molecule has 0 bridgehead atoms. The highest BCUT2D eigenvalue weighted by Crippen LogP contribution is 2.36. The highest BCUT2D eigenvalue weighted by atomic mass is 35.5. The molecule has 136 valence electrons. The first-order chi connectivity index (χ1) is 13.1. The fourth-order valence-electron chi connectivity index (χ4n) is 2.45. The third kappa shape index (κ3) is 3.80. The molecule has 0 aliphatic heterocycles. The number of fused-ring (bicyclic) bond motifs is 1. The van der Waals surface area contributed by atoms with Crippen LogP contribution >= 0.6 is 34.3 Å². The van der Waals surface area contributed by atoms with Crippen molar-refractivity contribution in [3.63, 3.8) is 0 Å². The van der Waals surface area contributed by atoms with E-state index in [0.717, 1.165) is 19.8 Å². The maximum Gasteiger partial charge on any atom is 0.331 e. The molecule has 0 N–H and O–H groups in total. The SMILES string of the molecule is CC(OC(=O)/C=C/c1sc2ccccc2c1Cl)c1nnc(-c2cccs2)o1. The number of nitrogens with zero attached hydrogens (tertiary/aromatic N) is 2. The minimum Gasteiger partial charge on any atom is -0.449 e. The predicted octanol–water partition coefficient (Wildman–Crippen LogP) is 5.98. The van der Waals surface area contributed by atoms with Crippen LogP contribution in [0.3, 0.4) is 0 Å². The summed E-state index contributed by atoms with van der Waals surface area (Å²) < 4.78 is 12.0. The van der Waals surface area contributed by atoms with Crippen molar-refractivity contribution in [1.82, 2.24) is 10.2 Å². The lowest BCUT2D eigenvalue weighted by molar-refractivity contribution is -0.143. The summed E-state index contributed by atoms with van der Waals surface area (Å²) in [5.41, 5.74) is 0. The van der Waals surface area contributed by atoms with E-state index in [2.05, 4.69) is 10.2 Å². The maximum absolute atomic E-state index is 12.1. The number of esters is 1. The van der Waals surface area contributed by atoms with Gasteiger partial charge in [-0.3, -0.25) is 0 Å². The van der Waals surface area contributed by atoms with Crippen molar-refractivity contribution in [1.29, 1.82) is 0 Å². The molecule has 0 fully saturated rings. The Morgan fingerprint density at radius 1 is 1.26 bits per heavy atom. The van der Waals surface area contributed by atoms with Crippen molar-refractivity contribution < 1.29 is 13.9 Å². The van der Waals surface area contributed by atoms with E-state index in [1.807, 2.05) is 41.8 Å². The zero-order chi connectivity index (χ0) is 18.8. The van der Waals surface area contributed by atoms with E-state index in [4.69, 9.17) is 20.8 Å². The third-order valence-corrected chi connectivity index (χ3v) is 6.26. The van der Waals surface area contributed by atoms with Gasteiger partial charge < -0.3 is 9.15 Å². The van der Waals surface area contributed by atoms with Gasteiger partial charge in [0.15, 0.2) is 6.10 Å². The van der Waals surface area contributed by atoms with Gasteiger partial charge in [0, 0.05) is 21.0 Å². The number of hydrogen-bond acceptors (Lipinski definition) is 7. The predicted molar refractivity (Wildman–Crippen MR) is 108 cm³/mol. The van der Waals surface area contributed by atoms with E-state index in [9.17, 15) is 4.79 Å². The van der Waals surface area contributed by atoms with Gasteiger partial charge in [-0.25, -0.2) is 4.79 Å². The molecule has 4 rings (SSSR count). The Morgan fingerprint density at radius 2 is 2.11 bits per heavy atom. The topological polar surface area (TPSA) is 65.2 Å². The quantitative estimate of drug-likeness (QED) is 0.295. The highest BCUT2D eigenvalue weighted by molar-refractivity contribution is 7.20. The molecule has 27 heavy (non-hydrogen) atoms. The van der Waals surface area contributed by atoms with Gasteiger partial charge in [0.1, 0.15) is 0 Å². The Bertz CT molecular complexity index is 1120. The van der Waals surface area contributed by atoms with E-state index in [1.54, 1.807) is 13.0 Å². The molecule has 0 spiro atoms. The number of rotatable bonds is 5. The standard InChI is InChI=1S/C19H13ClN2O3S2/c1-11(18-21-22-19(25-18)15-7-4-10-26-15)24-16(23)9-8-14-17(20)12-5-2-3-6-13(12)27-14/h2-11H,1H3/b9-8+. The fraction of sp³-hybridized carbons (Fsp3) is 0.105. The summed E-state index contributed by atoms with van der Waals surface area (Å²) in [4.78, 5) is 13.8. The number of hydrogen-bond donors (Lipinski definition) is 0. The first-order valence-electron chi connectivity index (χ1n) is 8.05. The van der Waals surface area contributed by atoms with Gasteiger partial charge >= 0.3 is 5.97 Å². The Morgan fingerprint density at radius 3 is 2.89 bits per heavy atom.